The smallest absolute Gasteiger partial charge is 0.491 e. The summed E-state index contributed by atoms with van der Waals surface area (Å²) in [6, 6.07) is 18.9. The number of rotatable bonds is 10. The molecule has 0 saturated carbocycles. The van der Waals surface area contributed by atoms with Crippen LogP contribution in [0.3, 0.4) is 0 Å². The number of nitrogens with zero attached hydrogens (tertiary/aromatic N) is 1. The van der Waals surface area contributed by atoms with E-state index in [1.54, 1.807) is 24.0 Å². The number of carbonyl (C=O) groups is 1. The predicted octanol–water partition coefficient (Wildman–Crippen LogP) is 6.43. The molecule has 0 aliphatic carbocycles. The normalized spacial score (nSPS) is 17.8. The second-order valence-corrected chi connectivity index (χ2v) is 8.85. The van der Waals surface area contributed by atoms with Gasteiger partial charge in [-0.1, -0.05) is 55.5 Å². The number of hydrogen-bond acceptors (Lipinski definition) is 4. The maximum atomic E-state index is 15.1. The molecular formula is C28H27F4NO4. The highest BCUT2D eigenvalue weighted by molar-refractivity contribution is 5.81. The highest BCUT2D eigenvalue weighted by atomic mass is 19.4. The van der Waals surface area contributed by atoms with Crippen molar-refractivity contribution in [3.05, 3.63) is 95.3 Å². The molecule has 0 aromatic heterocycles. The number of ether oxygens (including phenoxy) is 3. The minimum atomic E-state index is -4.79. The van der Waals surface area contributed by atoms with Gasteiger partial charge in [0.2, 0.25) is 5.91 Å². The molecule has 37 heavy (non-hydrogen) atoms. The third kappa shape index (κ3) is 7.01. The Hall–Kier alpha value is -3.59. The van der Waals surface area contributed by atoms with Crippen LogP contribution in [0.2, 0.25) is 0 Å². The maximum absolute atomic E-state index is 15.1. The van der Waals surface area contributed by atoms with Crippen molar-refractivity contribution in [2.75, 3.05) is 13.2 Å². The van der Waals surface area contributed by atoms with Crippen molar-refractivity contribution < 1.29 is 36.6 Å². The van der Waals surface area contributed by atoms with Crippen LogP contribution in [0, 0.1) is 11.7 Å². The molecule has 0 bridgehead atoms. The summed E-state index contributed by atoms with van der Waals surface area (Å²) in [6.07, 6.45) is -4.41. The lowest BCUT2D eigenvalue weighted by Crippen LogP contribution is -2.29. The topological polar surface area (TPSA) is 48.0 Å². The summed E-state index contributed by atoms with van der Waals surface area (Å²) in [5, 5.41) is 0. The van der Waals surface area contributed by atoms with E-state index < -0.39 is 18.2 Å². The molecule has 0 radical (unpaired) electrons. The lowest BCUT2D eigenvalue weighted by atomic mass is 9.99. The van der Waals surface area contributed by atoms with Gasteiger partial charge in [-0.25, -0.2) is 4.39 Å². The number of amides is 1. The zero-order valence-electron chi connectivity index (χ0n) is 20.2. The van der Waals surface area contributed by atoms with Crippen LogP contribution in [0.4, 0.5) is 17.6 Å². The van der Waals surface area contributed by atoms with E-state index in [0.717, 1.165) is 5.56 Å². The second-order valence-electron chi connectivity index (χ2n) is 8.85. The average Bonchev–Trinajstić information content (AvgIpc) is 3.13. The third-order valence-electron chi connectivity index (χ3n) is 6.11. The van der Waals surface area contributed by atoms with Gasteiger partial charge >= 0.3 is 6.36 Å². The molecule has 9 heteroatoms. The fourth-order valence-corrected chi connectivity index (χ4v) is 4.40. The van der Waals surface area contributed by atoms with Crippen LogP contribution >= 0.6 is 0 Å². The maximum Gasteiger partial charge on any atom is 0.573 e. The van der Waals surface area contributed by atoms with Gasteiger partial charge in [-0.05, 0) is 41.8 Å². The first-order valence-corrected chi connectivity index (χ1v) is 11.9. The van der Waals surface area contributed by atoms with E-state index in [1.807, 2.05) is 30.3 Å². The van der Waals surface area contributed by atoms with Gasteiger partial charge < -0.3 is 19.1 Å². The minimum Gasteiger partial charge on any atom is -0.491 e. The Morgan fingerprint density at radius 1 is 0.919 bits per heavy atom. The van der Waals surface area contributed by atoms with E-state index in [9.17, 15) is 18.0 Å². The molecule has 3 aromatic carbocycles. The van der Waals surface area contributed by atoms with E-state index in [-0.39, 0.29) is 36.3 Å². The van der Waals surface area contributed by atoms with Gasteiger partial charge in [0.05, 0.1) is 24.8 Å². The van der Waals surface area contributed by atoms with Gasteiger partial charge in [0.25, 0.3) is 0 Å². The quantitative estimate of drug-likeness (QED) is 0.230. The van der Waals surface area contributed by atoms with Crippen molar-refractivity contribution >= 4 is 5.91 Å². The third-order valence-corrected chi connectivity index (χ3v) is 6.11. The van der Waals surface area contributed by atoms with E-state index >= 15 is 4.39 Å². The molecule has 2 atom stereocenters. The SMILES string of the molecule is CC1CC(c2c(F)cccc2OCCOCc2ccccc2)N(Cc2ccc(OC(F)(F)F)cc2)C1=O. The van der Waals surface area contributed by atoms with Crippen molar-refractivity contribution in [3.8, 4) is 11.5 Å². The molecule has 1 amide bonds. The highest BCUT2D eigenvalue weighted by Crippen LogP contribution is 2.42. The number of alkyl halides is 3. The summed E-state index contributed by atoms with van der Waals surface area (Å²) in [5.74, 6) is -1.03. The van der Waals surface area contributed by atoms with Crippen LogP contribution in [-0.4, -0.2) is 30.4 Å². The Balaban J connectivity index is 1.45. The van der Waals surface area contributed by atoms with Gasteiger partial charge in [0.15, 0.2) is 0 Å². The van der Waals surface area contributed by atoms with Gasteiger partial charge in [0.1, 0.15) is 23.9 Å². The molecule has 1 aliphatic heterocycles. The molecule has 0 N–H and O–H groups in total. The lowest BCUT2D eigenvalue weighted by molar-refractivity contribution is -0.274. The summed E-state index contributed by atoms with van der Waals surface area (Å²) in [7, 11) is 0. The largest absolute Gasteiger partial charge is 0.573 e. The molecule has 1 saturated heterocycles. The Morgan fingerprint density at radius 3 is 2.35 bits per heavy atom. The first kappa shape index (κ1) is 26.5. The Kier molecular flexibility index (Phi) is 8.33. The van der Waals surface area contributed by atoms with Gasteiger partial charge in [-0.15, -0.1) is 13.2 Å². The monoisotopic (exact) mass is 517 g/mol. The molecule has 4 rings (SSSR count). The van der Waals surface area contributed by atoms with Crippen LogP contribution < -0.4 is 9.47 Å². The Bertz CT molecular complexity index is 1190. The highest BCUT2D eigenvalue weighted by Gasteiger charge is 2.40. The molecule has 1 fully saturated rings. The van der Waals surface area contributed by atoms with Crippen LogP contribution in [-0.2, 0) is 22.7 Å². The zero-order chi connectivity index (χ0) is 26.4. The zero-order valence-corrected chi connectivity index (χ0v) is 20.2. The molecule has 0 spiro atoms. The summed E-state index contributed by atoms with van der Waals surface area (Å²) in [5.41, 5.74) is 1.90. The van der Waals surface area contributed by atoms with Gasteiger partial charge in [-0.2, -0.15) is 0 Å². The van der Waals surface area contributed by atoms with Crippen LogP contribution in [0.1, 0.15) is 36.1 Å². The molecule has 1 heterocycles. The number of hydrogen-bond donors (Lipinski definition) is 0. The standard InChI is InChI=1S/C28H27F4NO4/c1-19-16-24(33(27(19)34)17-20-10-12-22(13-11-20)37-28(30,31)32)26-23(29)8-5-9-25(26)36-15-14-35-18-21-6-3-2-4-7-21/h2-13,19,24H,14-18H2,1H3. The Morgan fingerprint density at radius 2 is 1.65 bits per heavy atom. The molecule has 5 nitrogen and oxygen atoms in total. The van der Waals surface area contributed by atoms with Crippen molar-refractivity contribution in [2.45, 2.75) is 38.9 Å². The summed E-state index contributed by atoms with van der Waals surface area (Å²) >= 11 is 0. The first-order chi connectivity index (χ1) is 17.7. The van der Waals surface area contributed by atoms with E-state index in [2.05, 4.69) is 4.74 Å². The second kappa shape index (κ2) is 11.6. The molecule has 3 aromatic rings. The van der Waals surface area contributed by atoms with Crippen molar-refractivity contribution in [1.82, 2.24) is 4.90 Å². The number of carbonyl (C=O) groups excluding carboxylic acids is 1. The minimum absolute atomic E-state index is 0.105. The molecular weight excluding hydrogens is 490 g/mol. The van der Waals surface area contributed by atoms with Crippen molar-refractivity contribution in [1.29, 1.82) is 0 Å². The van der Waals surface area contributed by atoms with E-state index in [1.165, 1.54) is 30.3 Å². The van der Waals surface area contributed by atoms with E-state index in [4.69, 9.17) is 9.47 Å². The number of benzene rings is 3. The van der Waals surface area contributed by atoms with Crippen molar-refractivity contribution in [3.63, 3.8) is 0 Å². The van der Waals surface area contributed by atoms with Crippen molar-refractivity contribution in [2.24, 2.45) is 5.92 Å². The molecule has 196 valence electrons. The predicted molar refractivity (Wildman–Crippen MR) is 128 cm³/mol. The van der Waals surface area contributed by atoms with Crippen LogP contribution in [0.5, 0.6) is 11.5 Å². The van der Waals surface area contributed by atoms with Crippen LogP contribution in [0.25, 0.3) is 0 Å². The Labute approximate surface area is 212 Å². The first-order valence-electron chi connectivity index (χ1n) is 11.9. The van der Waals surface area contributed by atoms with E-state index in [0.29, 0.717) is 30.9 Å². The molecule has 1 aliphatic rings. The summed E-state index contributed by atoms with van der Waals surface area (Å²) in [4.78, 5) is 14.5. The molecule has 2 unspecified atom stereocenters. The van der Waals surface area contributed by atoms with Gasteiger partial charge in [-0.3, -0.25) is 4.79 Å². The number of likely N-dealkylation sites (tertiary alicyclic amines) is 1. The summed E-state index contributed by atoms with van der Waals surface area (Å²) in [6.45, 7) is 2.79. The van der Waals surface area contributed by atoms with Gasteiger partial charge in [0, 0.05) is 12.5 Å². The summed E-state index contributed by atoms with van der Waals surface area (Å²) < 4.78 is 67.9. The fraction of sp³-hybridized carbons (Fsp3) is 0.321. The lowest BCUT2D eigenvalue weighted by Gasteiger charge is -2.27. The van der Waals surface area contributed by atoms with Crippen LogP contribution in [0.15, 0.2) is 72.8 Å². The number of halogens is 4. The average molecular weight is 518 g/mol. The fourth-order valence-electron chi connectivity index (χ4n) is 4.40.